The van der Waals surface area contributed by atoms with Gasteiger partial charge in [-0.05, 0) is 49.8 Å². The number of carbonyl (C=O) groups excluding carboxylic acids is 1. The molecule has 1 aromatic rings. The molecule has 1 spiro atoms. The number of hydrogen-bond acceptors (Lipinski definition) is 3. The second-order valence-electron chi connectivity index (χ2n) is 7.62. The molecule has 140 valence electrons. The molecule has 1 aliphatic carbocycles. The van der Waals surface area contributed by atoms with Crippen molar-refractivity contribution in [2.24, 2.45) is 0 Å². The van der Waals surface area contributed by atoms with E-state index in [1.807, 2.05) is 0 Å². The van der Waals surface area contributed by atoms with E-state index in [1.54, 1.807) is 6.07 Å². The van der Waals surface area contributed by atoms with Crippen molar-refractivity contribution in [3.05, 3.63) is 29.6 Å². The summed E-state index contributed by atoms with van der Waals surface area (Å²) in [4.78, 5) is 27.7. The Hall–Kier alpha value is -2.15. The van der Waals surface area contributed by atoms with Crippen molar-refractivity contribution < 1.29 is 19.1 Å². The number of carboxylic acid groups (broad SMARTS) is 1. The molecule has 7 heteroatoms. The SMILES string of the molecule is O=C(O)N1CCCN(C2CCC3(CC2)C(=O)Nc2cc(F)ccc23)CC1. The molecule has 1 saturated heterocycles. The number of nitrogens with one attached hydrogen (secondary N) is 1. The third-order valence-corrected chi connectivity index (χ3v) is 6.31. The number of amides is 2. The average Bonchev–Trinajstić information content (AvgIpc) is 2.79. The molecule has 2 fully saturated rings. The maximum absolute atomic E-state index is 13.5. The molecule has 0 unspecified atom stereocenters. The standard InChI is InChI=1S/C19H24FN3O3/c20-13-2-3-15-16(12-13)21-17(24)19(15)6-4-14(5-7-19)22-8-1-9-23(11-10-22)18(25)26/h2-3,12,14H,1,4-11H2,(H,21,24)(H,25,26). The molecule has 2 amide bonds. The lowest BCUT2D eigenvalue weighted by atomic mass is 9.68. The first kappa shape index (κ1) is 17.3. The number of hydrogen-bond donors (Lipinski definition) is 2. The van der Waals surface area contributed by atoms with Gasteiger partial charge in [-0.15, -0.1) is 0 Å². The Balaban J connectivity index is 1.45. The van der Waals surface area contributed by atoms with E-state index in [1.165, 1.54) is 17.0 Å². The van der Waals surface area contributed by atoms with Gasteiger partial charge < -0.3 is 15.3 Å². The zero-order chi connectivity index (χ0) is 18.3. The van der Waals surface area contributed by atoms with Crippen LogP contribution in [0.2, 0.25) is 0 Å². The van der Waals surface area contributed by atoms with E-state index < -0.39 is 11.5 Å². The van der Waals surface area contributed by atoms with E-state index in [4.69, 9.17) is 0 Å². The molecule has 1 aromatic carbocycles. The molecule has 6 nitrogen and oxygen atoms in total. The van der Waals surface area contributed by atoms with E-state index in [0.29, 0.717) is 24.8 Å². The fourth-order valence-electron chi connectivity index (χ4n) is 4.85. The summed E-state index contributed by atoms with van der Waals surface area (Å²) in [7, 11) is 0. The molecule has 0 radical (unpaired) electrons. The minimum atomic E-state index is -0.846. The highest BCUT2D eigenvalue weighted by Crippen LogP contribution is 2.48. The molecular formula is C19H24FN3O3. The number of rotatable bonds is 1. The molecule has 4 rings (SSSR count). The smallest absolute Gasteiger partial charge is 0.407 e. The Labute approximate surface area is 152 Å². The Kier molecular flexibility index (Phi) is 4.34. The summed E-state index contributed by atoms with van der Waals surface area (Å²) in [5.41, 5.74) is 1.01. The van der Waals surface area contributed by atoms with Crippen molar-refractivity contribution in [2.45, 2.75) is 43.6 Å². The molecular weight excluding hydrogens is 337 g/mol. The summed E-state index contributed by atoms with van der Waals surface area (Å²) >= 11 is 0. The van der Waals surface area contributed by atoms with Gasteiger partial charge in [0.15, 0.2) is 0 Å². The third kappa shape index (κ3) is 2.84. The van der Waals surface area contributed by atoms with Crippen LogP contribution in [0.1, 0.15) is 37.7 Å². The first-order valence-electron chi connectivity index (χ1n) is 9.33. The summed E-state index contributed by atoms with van der Waals surface area (Å²) in [6, 6.07) is 4.97. The van der Waals surface area contributed by atoms with Gasteiger partial charge in [-0.1, -0.05) is 6.07 Å². The van der Waals surface area contributed by atoms with Crippen LogP contribution in [0.25, 0.3) is 0 Å². The van der Waals surface area contributed by atoms with Crippen molar-refractivity contribution in [3.8, 4) is 0 Å². The first-order valence-corrected chi connectivity index (χ1v) is 9.33. The van der Waals surface area contributed by atoms with E-state index in [9.17, 15) is 19.1 Å². The predicted molar refractivity (Wildman–Crippen MR) is 94.8 cm³/mol. The van der Waals surface area contributed by atoms with Gasteiger partial charge in [0.25, 0.3) is 0 Å². The lowest BCUT2D eigenvalue weighted by molar-refractivity contribution is -0.122. The van der Waals surface area contributed by atoms with E-state index in [2.05, 4.69) is 10.2 Å². The van der Waals surface area contributed by atoms with Gasteiger partial charge in [-0.2, -0.15) is 0 Å². The van der Waals surface area contributed by atoms with Gasteiger partial charge in [-0.25, -0.2) is 9.18 Å². The van der Waals surface area contributed by atoms with E-state index in [-0.39, 0.29) is 11.7 Å². The van der Waals surface area contributed by atoms with E-state index in [0.717, 1.165) is 50.8 Å². The predicted octanol–water partition coefficient (Wildman–Crippen LogP) is 2.64. The lowest BCUT2D eigenvalue weighted by Crippen LogP contribution is -2.46. The highest BCUT2D eigenvalue weighted by molar-refractivity contribution is 6.06. The van der Waals surface area contributed by atoms with Crippen molar-refractivity contribution >= 4 is 17.7 Å². The number of benzene rings is 1. The lowest BCUT2D eigenvalue weighted by Gasteiger charge is -2.40. The molecule has 3 aliphatic rings. The molecule has 0 aromatic heterocycles. The Bertz CT molecular complexity index is 731. The Morgan fingerprint density at radius 3 is 2.69 bits per heavy atom. The Morgan fingerprint density at radius 2 is 1.96 bits per heavy atom. The first-order chi connectivity index (χ1) is 12.5. The van der Waals surface area contributed by atoms with E-state index >= 15 is 0 Å². The monoisotopic (exact) mass is 361 g/mol. The van der Waals surface area contributed by atoms with Crippen molar-refractivity contribution in [1.29, 1.82) is 0 Å². The molecule has 2 N–H and O–H groups in total. The maximum Gasteiger partial charge on any atom is 0.407 e. The van der Waals surface area contributed by atoms with Crippen LogP contribution in [0.5, 0.6) is 0 Å². The Morgan fingerprint density at radius 1 is 1.19 bits per heavy atom. The van der Waals surface area contributed by atoms with Crippen LogP contribution in [0.4, 0.5) is 14.9 Å². The van der Waals surface area contributed by atoms with Crippen LogP contribution >= 0.6 is 0 Å². The fraction of sp³-hybridized carbons (Fsp3) is 0.579. The van der Waals surface area contributed by atoms with Gasteiger partial charge in [-0.3, -0.25) is 9.69 Å². The number of fused-ring (bicyclic) bond motifs is 2. The van der Waals surface area contributed by atoms with Crippen molar-refractivity contribution in [3.63, 3.8) is 0 Å². The molecule has 2 heterocycles. The highest BCUT2D eigenvalue weighted by atomic mass is 19.1. The van der Waals surface area contributed by atoms with Gasteiger partial charge in [0.1, 0.15) is 5.82 Å². The van der Waals surface area contributed by atoms with Gasteiger partial charge in [0.05, 0.1) is 5.41 Å². The number of nitrogens with zero attached hydrogens (tertiary/aromatic N) is 2. The van der Waals surface area contributed by atoms with Crippen molar-refractivity contribution in [2.75, 3.05) is 31.5 Å². The van der Waals surface area contributed by atoms with Crippen LogP contribution in [0.3, 0.4) is 0 Å². The fourth-order valence-corrected chi connectivity index (χ4v) is 4.85. The zero-order valence-corrected chi connectivity index (χ0v) is 14.7. The number of carbonyl (C=O) groups is 2. The van der Waals surface area contributed by atoms with Crippen LogP contribution in [0, 0.1) is 5.82 Å². The van der Waals surface area contributed by atoms with Gasteiger partial charge in [0, 0.05) is 37.9 Å². The van der Waals surface area contributed by atoms with Crippen molar-refractivity contribution in [1.82, 2.24) is 9.80 Å². The molecule has 26 heavy (non-hydrogen) atoms. The summed E-state index contributed by atoms with van der Waals surface area (Å²) in [5, 5.41) is 12.0. The van der Waals surface area contributed by atoms with Gasteiger partial charge in [0.2, 0.25) is 5.91 Å². The topological polar surface area (TPSA) is 72.9 Å². The van der Waals surface area contributed by atoms with Crippen LogP contribution < -0.4 is 5.32 Å². The van der Waals surface area contributed by atoms with Crippen LogP contribution in [0.15, 0.2) is 18.2 Å². The van der Waals surface area contributed by atoms with Gasteiger partial charge >= 0.3 is 6.09 Å². The quantitative estimate of drug-likeness (QED) is 0.807. The molecule has 0 bridgehead atoms. The summed E-state index contributed by atoms with van der Waals surface area (Å²) in [6.45, 7) is 2.77. The minimum absolute atomic E-state index is 0.00975. The second-order valence-corrected chi connectivity index (χ2v) is 7.62. The summed E-state index contributed by atoms with van der Waals surface area (Å²) in [6.07, 6.45) is 3.30. The van der Waals surface area contributed by atoms with Crippen LogP contribution in [-0.4, -0.2) is 59.1 Å². The third-order valence-electron chi connectivity index (χ3n) is 6.31. The van der Waals surface area contributed by atoms with Crippen LogP contribution in [-0.2, 0) is 10.2 Å². The highest BCUT2D eigenvalue weighted by Gasteiger charge is 2.49. The molecule has 2 aliphatic heterocycles. The largest absolute Gasteiger partial charge is 0.465 e. The molecule has 1 saturated carbocycles. The summed E-state index contributed by atoms with van der Waals surface area (Å²) in [5.74, 6) is -0.341. The molecule has 0 atom stereocenters. The number of halogens is 1. The zero-order valence-electron chi connectivity index (χ0n) is 14.7. The summed E-state index contributed by atoms with van der Waals surface area (Å²) < 4.78 is 13.5. The second kappa shape index (κ2) is 6.54. The average molecular weight is 361 g/mol. The number of anilines is 1. The maximum atomic E-state index is 13.5. The minimum Gasteiger partial charge on any atom is -0.465 e. The normalized spacial score (nSPS) is 29.3.